The van der Waals surface area contributed by atoms with Crippen molar-refractivity contribution < 1.29 is 14.3 Å². The Kier molecular flexibility index (Phi) is 9.24. The molecule has 0 atom stereocenters. The molecule has 110 valence electrons. The van der Waals surface area contributed by atoms with E-state index in [0.717, 1.165) is 25.9 Å². The summed E-state index contributed by atoms with van der Waals surface area (Å²) in [5, 5.41) is 0. The number of allylic oxidation sites excluding steroid dienone is 2. The van der Waals surface area contributed by atoms with E-state index < -0.39 is 0 Å². The molecule has 0 spiro atoms. The minimum atomic E-state index is -0.122. The van der Waals surface area contributed by atoms with Crippen LogP contribution in [0.4, 0.5) is 0 Å². The first kappa shape index (κ1) is 16.4. The predicted octanol–water partition coefficient (Wildman–Crippen LogP) is 3.88. The molecule has 0 saturated carbocycles. The van der Waals surface area contributed by atoms with Gasteiger partial charge in [0.1, 0.15) is 0 Å². The predicted molar refractivity (Wildman–Crippen MR) is 80.3 cm³/mol. The van der Waals surface area contributed by atoms with Gasteiger partial charge >= 0.3 is 5.97 Å². The van der Waals surface area contributed by atoms with Crippen LogP contribution in [0.1, 0.15) is 38.2 Å². The number of esters is 1. The second kappa shape index (κ2) is 11.2. The third kappa shape index (κ3) is 8.48. The lowest BCUT2D eigenvalue weighted by Gasteiger charge is -2.02. The Morgan fingerprint density at radius 1 is 1.15 bits per heavy atom. The molecule has 0 fully saturated rings. The molecule has 0 N–H and O–H groups in total. The maximum absolute atomic E-state index is 11.1. The molecule has 0 amide bonds. The van der Waals surface area contributed by atoms with Gasteiger partial charge in [-0.15, -0.1) is 0 Å². The zero-order chi connectivity index (χ0) is 14.5. The maximum Gasteiger partial charge on any atom is 0.306 e. The van der Waals surface area contributed by atoms with E-state index in [-0.39, 0.29) is 5.97 Å². The van der Waals surface area contributed by atoms with Crippen LogP contribution in [0.25, 0.3) is 0 Å². The summed E-state index contributed by atoms with van der Waals surface area (Å²) in [5.74, 6) is -0.122. The van der Waals surface area contributed by atoms with Crippen molar-refractivity contribution >= 4 is 5.97 Å². The smallest absolute Gasteiger partial charge is 0.306 e. The highest BCUT2D eigenvalue weighted by Gasteiger charge is 1.97. The minimum Gasteiger partial charge on any atom is -0.466 e. The van der Waals surface area contributed by atoms with Gasteiger partial charge in [0.15, 0.2) is 0 Å². The molecule has 0 bridgehead atoms. The number of hydrogen-bond donors (Lipinski definition) is 0. The van der Waals surface area contributed by atoms with Gasteiger partial charge in [-0.25, -0.2) is 0 Å². The van der Waals surface area contributed by atoms with Crippen LogP contribution in [-0.4, -0.2) is 19.2 Å². The van der Waals surface area contributed by atoms with Gasteiger partial charge in [-0.3, -0.25) is 4.79 Å². The lowest BCUT2D eigenvalue weighted by molar-refractivity contribution is -0.142. The second-order valence-electron chi connectivity index (χ2n) is 4.50. The Hall–Kier alpha value is -1.61. The molecule has 0 unspecified atom stereocenters. The van der Waals surface area contributed by atoms with E-state index in [1.54, 1.807) is 0 Å². The number of carbonyl (C=O) groups excluding carboxylic acids is 1. The first-order valence-corrected chi connectivity index (χ1v) is 7.25. The van der Waals surface area contributed by atoms with E-state index in [9.17, 15) is 4.79 Å². The fourth-order valence-corrected chi connectivity index (χ4v) is 1.74. The molecular formula is C17H24O3. The van der Waals surface area contributed by atoms with Crippen molar-refractivity contribution in [3.05, 3.63) is 48.0 Å². The summed E-state index contributed by atoms with van der Waals surface area (Å²) in [6.07, 6.45) is 7.35. The standard InChI is InChI=1S/C17H24O3/c1-2-20-17(18)13-9-4-3-5-10-14-19-15-16-11-7-6-8-12-16/h3-4,6-8,11-12H,2,5,9-10,13-15H2,1H3/b4-3+. The van der Waals surface area contributed by atoms with Gasteiger partial charge in [0.2, 0.25) is 0 Å². The van der Waals surface area contributed by atoms with Gasteiger partial charge in [0.25, 0.3) is 0 Å². The third-order valence-corrected chi connectivity index (χ3v) is 2.76. The van der Waals surface area contributed by atoms with E-state index in [2.05, 4.69) is 18.2 Å². The first-order chi connectivity index (χ1) is 9.83. The van der Waals surface area contributed by atoms with Crippen LogP contribution < -0.4 is 0 Å². The molecule has 0 heterocycles. The van der Waals surface area contributed by atoms with Crippen LogP contribution in [0.5, 0.6) is 0 Å². The molecule has 0 saturated heterocycles. The SMILES string of the molecule is CCOC(=O)CC/C=C/CCCOCc1ccccc1. The minimum absolute atomic E-state index is 0.122. The molecule has 3 nitrogen and oxygen atoms in total. The van der Waals surface area contributed by atoms with Crippen LogP contribution in [0.15, 0.2) is 42.5 Å². The summed E-state index contributed by atoms with van der Waals surface area (Å²) >= 11 is 0. The molecular weight excluding hydrogens is 252 g/mol. The molecule has 1 aromatic rings. The number of ether oxygens (including phenoxy) is 2. The lowest BCUT2D eigenvalue weighted by Crippen LogP contribution is -2.02. The van der Waals surface area contributed by atoms with E-state index >= 15 is 0 Å². The van der Waals surface area contributed by atoms with Gasteiger partial charge < -0.3 is 9.47 Å². The molecule has 20 heavy (non-hydrogen) atoms. The average molecular weight is 276 g/mol. The van der Waals surface area contributed by atoms with E-state index in [1.165, 1.54) is 5.56 Å². The largest absolute Gasteiger partial charge is 0.466 e. The van der Waals surface area contributed by atoms with Crippen molar-refractivity contribution in [3.8, 4) is 0 Å². The van der Waals surface area contributed by atoms with Crippen LogP contribution in [0, 0.1) is 0 Å². The number of rotatable bonds is 10. The van der Waals surface area contributed by atoms with Crippen LogP contribution in [-0.2, 0) is 20.9 Å². The third-order valence-electron chi connectivity index (χ3n) is 2.76. The fourth-order valence-electron chi connectivity index (χ4n) is 1.74. The molecule has 0 aliphatic carbocycles. The van der Waals surface area contributed by atoms with Gasteiger partial charge in [-0.2, -0.15) is 0 Å². The van der Waals surface area contributed by atoms with Crippen molar-refractivity contribution in [2.45, 2.75) is 39.2 Å². The Balaban J connectivity index is 1.93. The molecule has 0 aliphatic heterocycles. The van der Waals surface area contributed by atoms with Gasteiger partial charge in [0.05, 0.1) is 13.2 Å². The van der Waals surface area contributed by atoms with Crippen molar-refractivity contribution in [1.29, 1.82) is 0 Å². The molecule has 3 heteroatoms. The monoisotopic (exact) mass is 276 g/mol. The van der Waals surface area contributed by atoms with Crippen LogP contribution >= 0.6 is 0 Å². The maximum atomic E-state index is 11.1. The normalized spacial score (nSPS) is 10.8. The fraction of sp³-hybridized carbons (Fsp3) is 0.471. The quantitative estimate of drug-likeness (QED) is 0.369. The topological polar surface area (TPSA) is 35.5 Å². The number of benzene rings is 1. The van der Waals surface area contributed by atoms with Gasteiger partial charge in [-0.1, -0.05) is 42.5 Å². The number of unbranched alkanes of at least 4 members (excludes halogenated alkanes) is 1. The highest BCUT2D eigenvalue weighted by molar-refractivity contribution is 5.69. The molecule has 1 aromatic carbocycles. The van der Waals surface area contributed by atoms with Crippen LogP contribution in [0.2, 0.25) is 0 Å². The number of hydrogen-bond acceptors (Lipinski definition) is 3. The van der Waals surface area contributed by atoms with E-state index in [0.29, 0.717) is 19.6 Å². The van der Waals surface area contributed by atoms with Crippen molar-refractivity contribution in [2.24, 2.45) is 0 Å². The van der Waals surface area contributed by atoms with E-state index in [4.69, 9.17) is 9.47 Å². The van der Waals surface area contributed by atoms with E-state index in [1.807, 2.05) is 31.2 Å². The number of carbonyl (C=O) groups is 1. The molecule has 1 rings (SSSR count). The van der Waals surface area contributed by atoms with Gasteiger partial charge in [-0.05, 0) is 31.7 Å². The summed E-state index contributed by atoms with van der Waals surface area (Å²) in [4.78, 5) is 11.1. The molecule has 0 aromatic heterocycles. The zero-order valence-electron chi connectivity index (χ0n) is 12.2. The summed E-state index contributed by atoms with van der Waals surface area (Å²) in [6.45, 7) is 3.72. The van der Waals surface area contributed by atoms with Crippen molar-refractivity contribution in [1.82, 2.24) is 0 Å². The zero-order valence-corrected chi connectivity index (χ0v) is 12.2. The Bertz CT molecular complexity index is 384. The van der Waals surface area contributed by atoms with Gasteiger partial charge in [0, 0.05) is 13.0 Å². The lowest BCUT2D eigenvalue weighted by atomic mass is 10.2. The molecule has 0 radical (unpaired) electrons. The van der Waals surface area contributed by atoms with Crippen molar-refractivity contribution in [2.75, 3.05) is 13.2 Å². The second-order valence-corrected chi connectivity index (χ2v) is 4.50. The Morgan fingerprint density at radius 2 is 1.90 bits per heavy atom. The Morgan fingerprint density at radius 3 is 2.65 bits per heavy atom. The summed E-state index contributed by atoms with van der Waals surface area (Å²) in [5.41, 5.74) is 1.21. The molecule has 0 aliphatic rings. The highest BCUT2D eigenvalue weighted by atomic mass is 16.5. The highest BCUT2D eigenvalue weighted by Crippen LogP contribution is 2.02. The van der Waals surface area contributed by atoms with Crippen LogP contribution in [0.3, 0.4) is 0 Å². The van der Waals surface area contributed by atoms with Crippen molar-refractivity contribution in [3.63, 3.8) is 0 Å². The summed E-state index contributed by atoms with van der Waals surface area (Å²) < 4.78 is 10.4. The Labute approximate surface area is 121 Å². The first-order valence-electron chi connectivity index (χ1n) is 7.25. The summed E-state index contributed by atoms with van der Waals surface area (Å²) in [7, 11) is 0. The summed E-state index contributed by atoms with van der Waals surface area (Å²) in [6, 6.07) is 10.2. The average Bonchev–Trinajstić information content (AvgIpc) is 2.47.